The van der Waals surface area contributed by atoms with Crippen molar-refractivity contribution in [3.63, 3.8) is 0 Å². The molecule has 2 aromatic heterocycles. The van der Waals surface area contributed by atoms with E-state index in [9.17, 15) is 5.26 Å². The summed E-state index contributed by atoms with van der Waals surface area (Å²) < 4.78 is 0. The number of aromatic nitrogens is 2. The molecule has 0 radical (unpaired) electrons. The fraction of sp³-hybridized carbons (Fsp3) is 0.333. The topological polar surface area (TPSA) is 52.5 Å². The lowest BCUT2D eigenvalue weighted by atomic mass is 9.69. The number of imidazole rings is 1. The van der Waals surface area contributed by atoms with Gasteiger partial charge in [0.2, 0.25) is 0 Å². The van der Waals surface area contributed by atoms with Crippen LogP contribution < -0.4 is 0 Å². The highest BCUT2D eigenvalue weighted by molar-refractivity contribution is 7.13. The molecule has 4 heteroatoms. The highest BCUT2D eigenvalue weighted by Gasteiger charge is 2.41. The van der Waals surface area contributed by atoms with Gasteiger partial charge in [-0.05, 0) is 30.7 Å². The third-order valence-corrected chi connectivity index (χ3v) is 4.14. The van der Waals surface area contributed by atoms with Crippen LogP contribution in [0.15, 0.2) is 23.7 Å². The van der Waals surface area contributed by atoms with Crippen LogP contribution in [0.2, 0.25) is 0 Å². The van der Waals surface area contributed by atoms with Gasteiger partial charge >= 0.3 is 0 Å². The minimum absolute atomic E-state index is 0.338. The summed E-state index contributed by atoms with van der Waals surface area (Å²) in [5.74, 6) is 0.838. The normalized spacial score (nSPS) is 17.7. The summed E-state index contributed by atoms with van der Waals surface area (Å²) in [6.45, 7) is 0. The van der Waals surface area contributed by atoms with Crippen molar-refractivity contribution < 1.29 is 0 Å². The highest BCUT2D eigenvalue weighted by Crippen LogP contribution is 2.42. The van der Waals surface area contributed by atoms with E-state index < -0.39 is 0 Å². The number of nitriles is 1. The molecular weight excluding hydrogens is 218 g/mol. The number of H-pyrrole nitrogens is 1. The Morgan fingerprint density at radius 3 is 2.94 bits per heavy atom. The standard InChI is InChI=1S/C12H11N3S/c13-8-12(4-2-5-12)11-14-7-9(15-11)10-3-1-6-16-10/h1,3,6-7H,2,4-5H2,(H,14,15). The number of nitrogens with one attached hydrogen (secondary N) is 1. The second-order valence-electron chi connectivity index (χ2n) is 4.17. The number of hydrogen-bond donors (Lipinski definition) is 1. The van der Waals surface area contributed by atoms with Crippen molar-refractivity contribution in [2.45, 2.75) is 24.7 Å². The Morgan fingerprint density at radius 1 is 1.50 bits per heavy atom. The molecule has 0 aliphatic heterocycles. The molecular formula is C12H11N3S. The molecule has 1 saturated carbocycles. The highest BCUT2D eigenvalue weighted by atomic mass is 32.1. The fourth-order valence-corrected chi connectivity index (χ4v) is 2.74. The van der Waals surface area contributed by atoms with Crippen LogP contribution in [0.1, 0.15) is 25.1 Å². The van der Waals surface area contributed by atoms with Gasteiger partial charge in [-0.15, -0.1) is 11.3 Å². The summed E-state index contributed by atoms with van der Waals surface area (Å²) in [5, 5.41) is 11.3. The van der Waals surface area contributed by atoms with Gasteiger partial charge in [0.1, 0.15) is 11.2 Å². The van der Waals surface area contributed by atoms with Crippen LogP contribution in [-0.2, 0) is 5.41 Å². The quantitative estimate of drug-likeness (QED) is 0.860. The van der Waals surface area contributed by atoms with Crippen LogP contribution in [0.3, 0.4) is 0 Å². The summed E-state index contributed by atoms with van der Waals surface area (Å²) in [7, 11) is 0. The second kappa shape index (κ2) is 3.46. The van der Waals surface area contributed by atoms with Crippen LogP contribution in [0, 0.1) is 11.3 Å². The maximum Gasteiger partial charge on any atom is 0.127 e. The third kappa shape index (κ3) is 1.29. The van der Waals surface area contributed by atoms with Crippen LogP contribution in [0.25, 0.3) is 10.6 Å². The van der Waals surface area contributed by atoms with Crippen molar-refractivity contribution in [3.05, 3.63) is 29.5 Å². The van der Waals surface area contributed by atoms with Crippen LogP contribution in [0.4, 0.5) is 0 Å². The van der Waals surface area contributed by atoms with Gasteiger partial charge in [0.25, 0.3) is 0 Å². The molecule has 0 atom stereocenters. The van der Waals surface area contributed by atoms with Crippen LogP contribution in [0.5, 0.6) is 0 Å². The van der Waals surface area contributed by atoms with Crippen molar-refractivity contribution in [1.29, 1.82) is 5.26 Å². The first-order chi connectivity index (χ1) is 7.84. The van der Waals surface area contributed by atoms with Crippen molar-refractivity contribution in [3.8, 4) is 16.6 Å². The Kier molecular flexibility index (Phi) is 2.08. The minimum atomic E-state index is -0.338. The molecule has 3 rings (SSSR count). The van der Waals surface area contributed by atoms with Gasteiger partial charge < -0.3 is 4.98 Å². The van der Waals surface area contributed by atoms with Crippen LogP contribution >= 0.6 is 11.3 Å². The Balaban J connectivity index is 1.97. The zero-order valence-corrected chi connectivity index (χ0v) is 9.55. The third-order valence-electron chi connectivity index (χ3n) is 3.24. The molecule has 1 fully saturated rings. The van der Waals surface area contributed by atoms with Gasteiger partial charge in [-0.2, -0.15) is 5.26 Å². The molecule has 80 valence electrons. The zero-order valence-electron chi connectivity index (χ0n) is 8.73. The predicted molar refractivity (Wildman–Crippen MR) is 63.0 cm³/mol. The Hall–Kier alpha value is -1.60. The van der Waals surface area contributed by atoms with E-state index in [4.69, 9.17) is 0 Å². The monoisotopic (exact) mass is 229 g/mol. The van der Waals surface area contributed by atoms with Gasteiger partial charge in [-0.1, -0.05) is 6.07 Å². The van der Waals surface area contributed by atoms with E-state index >= 15 is 0 Å². The van der Waals surface area contributed by atoms with Crippen molar-refractivity contribution >= 4 is 11.3 Å². The molecule has 0 aromatic carbocycles. The Bertz CT molecular complexity index is 529. The first-order valence-corrected chi connectivity index (χ1v) is 6.23. The van der Waals surface area contributed by atoms with Crippen LogP contribution in [-0.4, -0.2) is 9.97 Å². The van der Waals surface area contributed by atoms with E-state index in [0.717, 1.165) is 30.8 Å². The number of nitrogens with zero attached hydrogens (tertiary/aromatic N) is 2. The predicted octanol–water partition coefficient (Wildman–Crippen LogP) is 3.08. The van der Waals surface area contributed by atoms with E-state index in [-0.39, 0.29) is 5.41 Å². The average Bonchev–Trinajstić information content (AvgIpc) is 2.86. The molecule has 3 nitrogen and oxygen atoms in total. The Labute approximate surface area is 97.8 Å². The lowest BCUT2D eigenvalue weighted by Gasteiger charge is -2.32. The average molecular weight is 229 g/mol. The van der Waals surface area contributed by atoms with Gasteiger partial charge in [0.05, 0.1) is 22.8 Å². The molecule has 1 N–H and O–H groups in total. The van der Waals surface area contributed by atoms with Gasteiger partial charge in [-0.25, -0.2) is 4.98 Å². The van der Waals surface area contributed by atoms with Crippen molar-refractivity contribution in [2.75, 3.05) is 0 Å². The first-order valence-electron chi connectivity index (χ1n) is 5.35. The number of thiophene rings is 1. The summed E-state index contributed by atoms with van der Waals surface area (Å²) >= 11 is 1.68. The largest absolute Gasteiger partial charge is 0.340 e. The molecule has 0 bridgehead atoms. The molecule has 16 heavy (non-hydrogen) atoms. The van der Waals surface area contributed by atoms with Gasteiger partial charge in [0.15, 0.2) is 0 Å². The molecule has 2 aromatic rings. The SMILES string of the molecule is N#CC1(c2ncc(-c3cccs3)[nH]2)CCC1. The molecule has 1 aliphatic carbocycles. The smallest absolute Gasteiger partial charge is 0.127 e. The van der Waals surface area contributed by atoms with E-state index in [2.05, 4.69) is 22.1 Å². The maximum absolute atomic E-state index is 9.22. The molecule has 0 amide bonds. The van der Waals surface area contributed by atoms with E-state index in [0.29, 0.717) is 0 Å². The molecule has 0 saturated heterocycles. The molecule has 1 aliphatic rings. The summed E-state index contributed by atoms with van der Waals surface area (Å²) in [6, 6.07) is 6.47. The van der Waals surface area contributed by atoms with E-state index in [1.807, 2.05) is 17.6 Å². The van der Waals surface area contributed by atoms with Gasteiger partial charge in [0, 0.05) is 0 Å². The minimum Gasteiger partial charge on any atom is -0.340 e. The zero-order chi connectivity index (χ0) is 11.0. The fourth-order valence-electron chi connectivity index (χ4n) is 2.05. The van der Waals surface area contributed by atoms with Crippen molar-refractivity contribution in [2.24, 2.45) is 0 Å². The Morgan fingerprint density at radius 2 is 2.38 bits per heavy atom. The second-order valence-corrected chi connectivity index (χ2v) is 5.12. The van der Waals surface area contributed by atoms with E-state index in [1.54, 1.807) is 11.3 Å². The van der Waals surface area contributed by atoms with Crippen molar-refractivity contribution in [1.82, 2.24) is 9.97 Å². The molecule has 0 unspecified atom stereocenters. The maximum atomic E-state index is 9.22. The summed E-state index contributed by atoms with van der Waals surface area (Å²) in [5.41, 5.74) is 0.682. The van der Waals surface area contributed by atoms with E-state index in [1.165, 1.54) is 4.88 Å². The number of aromatic amines is 1. The summed E-state index contributed by atoms with van der Waals surface area (Å²) in [6.07, 6.45) is 4.82. The van der Waals surface area contributed by atoms with Gasteiger partial charge in [-0.3, -0.25) is 0 Å². The lowest BCUT2D eigenvalue weighted by molar-refractivity contribution is 0.309. The molecule has 2 heterocycles. The lowest BCUT2D eigenvalue weighted by Crippen LogP contribution is -2.33. The first kappa shape index (κ1) is 9.61. The number of hydrogen-bond acceptors (Lipinski definition) is 3. The summed E-state index contributed by atoms with van der Waals surface area (Å²) in [4.78, 5) is 8.82. The number of rotatable bonds is 2. The molecule has 0 spiro atoms.